The van der Waals surface area contributed by atoms with Crippen molar-refractivity contribution in [3.63, 3.8) is 0 Å². The fourth-order valence-corrected chi connectivity index (χ4v) is 1.22. The summed E-state index contributed by atoms with van der Waals surface area (Å²) in [5, 5.41) is 10.9. The van der Waals surface area contributed by atoms with Crippen LogP contribution in [-0.2, 0) is 19.1 Å². The maximum atomic E-state index is 11.1. The molecule has 0 aliphatic heterocycles. The number of hydrogen-bond acceptors (Lipinski definition) is 4. The average molecular weight is 245 g/mol. The first kappa shape index (κ1) is 13.9. The number of nitrogens with one attached hydrogen (secondary N) is 1. The smallest absolute Gasteiger partial charge is 0.329 e. The molecule has 0 bridgehead atoms. The van der Waals surface area contributed by atoms with Crippen LogP contribution in [0.15, 0.2) is 0 Å². The maximum Gasteiger partial charge on any atom is 0.329 e. The SMILES string of the molecule is O=C(O)COCC(=O)NCCCOCC1CC1. The van der Waals surface area contributed by atoms with Gasteiger partial charge in [-0.1, -0.05) is 0 Å². The van der Waals surface area contributed by atoms with E-state index in [4.69, 9.17) is 9.84 Å². The third kappa shape index (κ3) is 8.65. The highest BCUT2D eigenvalue weighted by molar-refractivity contribution is 5.77. The zero-order chi connectivity index (χ0) is 12.5. The Hall–Kier alpha value is -1.14. The number of amides is 1. The van der Waals surface area contributed by atoms with E-state index in [0.717, 1.165) is 18.9 Å². The molecule has 1 saturated carbocycles. The zero-order valence-electron chi connectivity index (χ0n) is 9.81. The Morgan fingerprint density at radius 3 is 2.65 bits per heavy atom. The summed E-state index contributed by atoms with van der Waals surface area (Å²) in [5.41, 5.74) is 0. The predicted octanol–water partition coefficient (Wildman–Crippen LogP) is 0.0205. The topological polar surface area (TPSA) is 84.9 Å². The van der Waals surface area contributed by atoms with Crippen LogP contribution in [0.4, 0.5) is 0 Å². The van der Waals surface area contributed by atoms with Crippen LogP contribution in [0, 0.1) is 5.92 Å². The second-order valence-corrected chi connectivity index (χ2v) is 4.11. The number of carboxylic acids is 1. The number of carboxylic acid groups (broad SMARTS) is 1. The molecule has 1 rings (SSSR count). The quantitative estimate of drug-likeness (QED) is 0.530. The molecular formula is C11H19NO5. The Labute approximate surface area is 100 Å². The van der Waals surface area contributed by atoms with Gasteiger partial charge in [-0.3, -0.25) is 4.79 Å². The Morgan fingerprint density at radius 2 is 2.00 bits per heavy atom. The monoisotopic (exact) mass is 245 g/mol. The van der Waals surface area contributed by atoms with E-state index in [1.54, 1.807) is 0 Å². The van der Waals surface area contributed by atoms with Crippen molar-refractivity contribution < 1.29 is 24.2 Å². The molecule has 0 atom stereocenters. The van der Waals surface area contributed by atoms with E-state index in [0.29, 0.717) is 13.2 Å². The zero-order valence-corrected chi connectivity index (χ0v) is 9.81. The van der Waals surface area contributed by atoms with E-state index in [9.17, 15) is 9.59 Å². The summed E-state index contributed by atoms with van der Waals surface area (Å²) in [6.45, 7) is 1.34. The second-order valence-electron chi connectivity index (χ2n) is 4.11. The van der Waals surface area contributed by atoms with Crippen LogP contribution < -0.4 is 5.32 Å². The van der Waals surface area contributed by atoms with E-state index in [1.807, 2.05) is 0 Å². The summed E-state index contributed by atoms with van der Waals surface area (Å²) in [6.07, 6.45) is 3.31. The molecule has 98 valence electrons. The Morgan fingerprint density at radius 1 is 1.24 bits per heavy atom. The molecule has 0 heterocycles. The van der Waals surface area contributed by atoms with Crippen LogP contribution in [0.2, 0.25) is 0 Å². The molecular weight excluding hydrogens is 226 g/mol. The molecule has 0 aromatic rings. The standard InChI is InChI=1S/C11H19NO5/c13-10(7-17-8-11(14)15)12-4-1-5-16-6-9-2-3-9/h9H,1-8H2,(H,12,13)(H,14,15). The largest absolute Gasteiger partial charge is 0.480 e. The number of ether oxygens (including phenoxy) is 2. The molecule has 1 aliphatic rings. The lowest BCUT2D eigenvalue weighted by Gasteiger charge is -2.05. The lowest BCUT2D eigenvalue weighted by Crippen LogP contribution is -2.30. The van der Waals surface area contributed by atoms with Crippen molar-refractivity contribution in [3.8, 4) is 0 Å². The van der Waals surface area contributed by atoms with Gasteiger partial charge >= 0.3 is 5.97 Å². The first-order valence-electron chi connectivity index (χ1n) is 5.82. The first-order valence-corrected chi connectivity index (χ1v) is 5.82. The van der Waals surface area contributed by atoms with Gasteiger partial charge < -0.3 is 19.9 Å². The highest BCUT2D eigenvalue weighted by Gasteiger charge is 2.20. The van der Waals surface area contributed by atoms with Gasteiger partial charge in [-0.2, -0.15) is 0 Å². The molecule has 0 radical (unpaired) electrons. The number of carbonyl (C=O) groups is 2. The predicted molar refractivity (Wildman–Crippen MR) is 59.6 cm³/mol. The minimum Gasteiger partial charge on any atom is -0.480 e. The molecule has 0 aromatic carbocycles. The summed E-state index contributed by atoms with van der Waals surface area (Å²) in [6, 6.07) is 0. The molecule has 0 unspecified atom stereocenters. The van der Waals surface area contributed by atoms with Gasteiger partial charge in [0.25, 0.3) is 0 Å². The van der Waals surface area contributed by atoms with E-state index in [1.165, 1.54) is 12.8 Å². The van der Waals surface area contributed by atoms with Crippen molar-refractivity contribution in [2.24, 2.45) is 5.92 Å². The molecule has 2 N–H and O–H groups in total. The van der Waals surface area contributed by atoms with Crippen molar-refractivity contribution in [2.45, 2.75) is 19.3 Å². The van der Waals surface area contributed by atoms with Gasteiger partial charge in [-0.05, 0) is 25.2 Å². The number of hydrogen-bond donors (Lipinski definition) is 2. The Balaban J connectivity index is 1.80. The third-order valence-electron chi connectivity index (χ3n) is 2.30. The van der Waals surface area contributed by atoms with Crippen molar-refractivity contribution in [1.29, 1.82) is 0 Å². The summed E-state index contributed by atoms with van der Waals surface area (Å²) in [7, 11) is 0. The first-order chi connectivity index (χ1) is 8.18. The number of carbonyl (C=O) groups excluding carboxylic acids is 1. The van der Waals surface area contributed by atoms with Gasteiger partial charge in [0.05, 0.1) is 0 Å². The molecule has 1 fully saturated rings. The second kappa shape index (κ2) is 8.03. The highest BCUT2D eigenvalue weighted by Crippen LogP contribution is 2.28. The van der Waals surface area contributed by atoms with Crippen LogP contribution in [-0.4, -0.2) is 50.0 Å². The minimum atomic E-state index is -1.08. The van der Waals surface area contributed by atoms with Crippen molar-refractivity contribution in [1.82, 2.24) is 5.32 Å². The van der Waals surface area contributed by atoms with E-state index < -0.39 is 12.6 Å². The van der Waals surface area contributed by atoms with Gasteiger partial charge in [-0.15, -0.1) is 0 Å². The molecule has 0 aromatic heterocycles. The van der Waals surface area contributed by atoms with Gasteiger partial charge in [-0.25, -0.2) is 4.79 Å². The van der Waals surface area contributed by atoms with Gasteiger partial charge in [0, 0.05) is 19.8 Å². The fourth-order valence-electron chi connectivity index (χ4n) is 1.22. The number of rotatable bonds is 10. The molecule has 1 aliphatic carbocycles. The lowest BCUT2D eigenvalue weighted by atomic mass is 10.4. The molecule has 6 nitrogen and oxygen atoms in total. The van der Waals surface area contributed by atoms with Gasteiger partial charge in [0.2, 0.25) is 5.91 Å². The summed E-state index contributed by atoms with van der Waals surface area (Å²) in [4.78, 5) is 21.2. The normalized spacial score (nSPS) is 14.6. The Bertz CT molecular complexity index is 252. The van der Waals surface area contributed by atoms with Crippen LogP contribution in [0.25, 0.3) is 0 Å². The molecule has 0 spiro atoms. The number of aliphatic carboxylic acids is 1. The maximum absolute atomic E-state index is 11.1. The van der Waals surface area contributed by atoms with E-state index >= 15 is 0 Å². The lowest BCUT2D eigenvalue weighted by molar-refractivity contribution is -0.143. The summed E-state index contributed by atoms with van der Waals surface area (Å²) < 4.78 is 10.0. The Kier molecular flexibility index (Phi) is 6.57. The van der Waals surface area contributed by atoms with Crippen molar-refractivity contribution in [3.05, 3.63) is 0 Å². The van der Waals surface area contributed by atoms with Gasteiger partial charge in [0.1, 0.15) is 13.2 Å². The van der Waals surface area contributed by atoms with Gasteiger partial charge in [0.15, 0.2) is 0 Å². The molecule has 17 heavy (non-hydrogen) atoms. The van der Waals surface area contributed by atoms with Crippen molar-refractivity contribution in [2.75, 3.05) is 33.0 Å². The van der Waals surface area contributed by atoms with Crippen LogP contribution >= 0.6 is 0 Å². The highest BCUT2D eigenvalue weighted by atomic mass is 16.5. The molecule has 1 amide bonds. The third-order valence-corrected chi connectivity index (χ3v) is 2.30. The van der Waals surface area contributed by atoms with Crippen molar-refractivity contribution >= 4 is 11.9 Å². The van der Waals surface area contributed by atoms with E-state index in [-0.39, 0.29) is 12.5 Å². The van der Waals surface area contributed by atoms with Crippen LogP contribution in [0.1, 0.15) is 19.3 Å². The fraction of sp³-hybridized carbons (Fsp3) is 0.818. The minimum absolute atomic E-state index is 0.213. The summed E-state index contributed by atoms with van der Waals surface area (Å²) in [5.74, 6) is -0.617. The summed E-state index contributed by atoms with van der Waals surface area (Å²) >= 11 is 0. The average Bonchev–Trinajstić information content (AvgIpc) is 3.06. The van der Waals surface area contributed by atoms with E-state index in [2.05, 4.69) is 10.1 Å². The van der Waals surface area contributed by atoms with Crippen LogP contribution in [0.5, 0.6) is 0 Å². The van der Waals surface area contributed by atoms with Crippen LogP contribution in [0.3, 0.4) is 0 Å². The molecule has 6 heteroatoms. The molecule has 0 saturated heterocycles.